The van der Waals surface area contributed by atoms with Gasteiger partial charge in [-0.15, -0.1) is 11.8 Å². The highest BCUT2D eigenvalue weighted by molar-refractivity contribution is 8.00. The highest BCUT2D eigenvalue weighted by Gasteiger charge is 2.21. The third kappa shape index (κ3) is 3.88. The highest BCUT2D eigenvalue weighted by Crippen LogP contribution is 2.28. The van der Waals surface area contributed by atoms with Crippen LogP contribution in [0.25, 0.3) is 11.0 Å². The summed E-state index contributed by atoms with van der Waals surface area (Å²) in [5.41, 5.74) is 0.840. The van der Waals surface area contributed by atoms with Crippen molar-refractivity contribution in [2.75, 3.05) is 12.8 Å². The van der Waals surface area contributed by atoms with Crippen molar-refractivity contribution in [1.29, 1.82) is 0 Å². The van der Waals surface area contributed by atoms with Gasteiger partial charge in [0.15, 0.2) is 0 Å². The largest absolute Gasteiger partial charge is 0.459 e. The zero-order valence-electron chi connectivity index (χ0n) is 14.4. The first-order chi connectivity index (χ1) is 12.5. The summed E-state index contributed by atoms with van der Waals surface area (Å²) in [7, 11) is 1.75. The van der Waals surface area contributed by atoms with E-state index in [1.165, 1.54) is 23.9 Å². The van der Waals surface area contributed by atoms with Gasteiger partial charge in [0.05, 0.1) is 16.7 Å². The lowest BCUT2D eigenvalue weighted by Crippen LogP contribution is -2.30. The third-order valence-corrected chi connectivity index (χ3v) is 5.24. The van der Waals surface area contributed by atoms with Gasteiger partial charge in [0.2, 0.25) is 5.91 Å². The van der Waals surface area contributed by atoms with Crippen LogP contribution in [0.15, 0.2) is 63.9 Å². The highest BCUT2D eigenvalue weighted by atomic mass is 32.2. The molecule has 0 aliphatic heterocycles. The van der Waals surface area contributed by atoms with Crippen LogP contribution < -0.4 is 0 Å². The zero-order valence-corrected chi connectivity index (χ0v) is 15.2. The summed E-state index contributed by atoms with van der Waals surface area (Å²) < 4.78 is 5.83. The fourth-order valence-corrected chi connectivity index (χ4v) is 3.35. The Balaban J connectivity index is 1.62. The summed E-state index contributed by atoms with van der Waals surface area (Å²) in [6, 6.07) is 15.7. The Morgan fingerprint density at radius 3 is 2.58 bits per heavy atom. The molecule has 1 heterocycles. The first-order valence-electron chi connectivity index (χ1n) is 8.07. The fourth-order valence-electron chi connectivity index (χ4n) is 2.53. The van der Waals surface area contributed by atoms with Gasteiger partial charge >= 0.3 is 0 Å². The van der Waals surface area contributed by atoms with Gasteiger partial charge in [0.25, 0.3) is 5.69 Å². The van der Waals surface area contributed by atoms with Crippen LogP contribution in [0, 0.1) is 10.1 Å². The number of furan rings is 1. The molecule has 2 aromatic carbocycles. The molecule has 6 nitrogen and oxygen atoms in total. The molecular formula is C19H18N2O4S. The van der Waals surface area contributed by atoms with Crippen molar-refractivity contribution in [3.05, 3.63) is 70.5 Å². The SMILES string of the molecule is C[C@H](c1cc2ccccc2o1)N(C)C(=O)CSc1ccc([N+](=O)[O-])cc1. The number of non-ortho nitro benzene ring substituents is 1. The second-order valence-electron chi connectivity index (χ2n) is 5.91. The Bertz CT molecular complexity index is 903. The smallest absolute Gasteiger partial charge is 0.269 e. The molecule has 1 aromatic heterocycles. The van der Waals surface area contributed by atoms with Gasteiger partial charge in [-0.05, 0) is 31.2 Å². The maximum Gasteiger partial charge on any atom is 0.269 e. The molecule has 0 aliphatic carbocycles. The minimum atomic E-state index is -0.442. The van der Waals surface area contributed by atoms with E-state index in [0.29, 0.717) is 0 Å². The first kappa shape index (κ1) is 18.0. The molecule has 0 unspecified atom stereocenters. The monoisotopic (exact) mass is 370 g/mol. The average molecular weight is 370 g/mol. The van der Waals surface area contributed by atoms with E-state index in [4.69, 9.17) is 4.42 Å². The number of nitro benzene ring substituents is 1. The minimum absolute atomic E-state index is 0.0382. The lowest BCUT2D eigenvalue weighted by atomic mass is 10.2. The maximum atomic E-state index is 12.5. The summed E-state index contributed by atoms with van der Waals surface area (Å²) in [6.45, 7) is 1.92. The van der Waals surface area contributed by atoms with E-state index in [0.717, 1.165) is 21.6 Å². The van der Waals surface area contributed by atoms with Crippen LogP contribution in [0.3, 0.4) is 0 Å². The van der Waals surface area contributed by atoms with E-state index in [9.17, 15) is 14.9 Å². The molecule has 0 radical (unpaired) electrons. The number of hydrogen-bond donors (Lipinski definition) is 0. The van der Waals surface area contributed by atoms with Gasteiger partial charge in [-0.1, -0.05) is 18.2 Å². The number of carbonyl (C=O) groups is 1. The molecule has 1 atom stereocenters. The minimum Gasteiger partial charge on any atom is -0.459 e. The van der Waals surface area contributed by atoms with Crippen molar-refractivity contribution in [1.82, 2.24) is 4.90 Å². The summed E-state index contributed by atoms with van der Waals surface area (Å²) in [4.78, 5) is 25.2. The predicted octanol–water partition coefficient (Wildman–Crippen LogP) is 4.65. The van der Waals surface area contributed by atoms with Crippen molar-refractivity contribution in [2.45, 2.75) is 17.9 Å². The molecule has 0 bridgehead atoms. The van der Waals surface area contributed by atoms with Crippen LogP contribution >= 0.6 is 11.8 Å². The van der Waals surface area contributed by atoms with Crippen molar-refractivity contribution >= 4 is 34.3 Å². The fraction of sp³-hybridized carbons (Fsp3) is 0.211. The van der Waals surface area contributed by atoms with Crippen molar-refractivity contribution in [2.24, 2.45) is 0 Å². The third-order valence-electron chi connectivity index (χ3n) is 4.24. The van der Waals surface area contributed by atoms with Gasteiger partial charge in [0, 0.05) is 29.5 Å². The van der Waals surface area contributed by atoms with Crippen LogP contribution in [0.2, 0.25) is 0 Å². The van der Waals surface area contributed by atoms with Crippen LogP contribution in [-0.4, -0.2) is 28.5 Å². The first-order valence-corrected chi connectivity index (χ1v) is 9.05. The second-order valence-corrected chi connectivity index (χ2v) is 6.96. The molecule has 0 fully saturated rings. The predicted molar refractivity (Wildman–Crippen MR) is 101 cm³/mol. The van der Waals surface area contributed by atoms with Crippen LogP contribution in [0.4, 0.5) is 5.69 Å². The molecule has 0 N–H and O–H groups in total. The molecular weight excluding hydrogens is 352 g/mol. The van der Waals surface area contributed by atoms with Crippen LogP contribution in [-0.2, 0) is 4.79 Å². The Kier molecular flexibility index (Phi) is 5.27. The molecule has 3 aromatic rings. The van der Waals surface area contributed by atoms with E-state index in [1.54, 1.807) is 24.1 Å². The molecule has 0 aliphatic rings. The number of thioether (sulfide) groups is 1. The number of nitrogens with zero attached hydrogens (tertiary/aromatic N) is 2. The lowest BCUT2D eigenvalue weighted by molar-refractivity contribution is -0.384. The van der Waals surface area contributed by atoms with E-state index in [-0.39, 0.29) is 23.4 Å². The summed E-state index contributed by atoms with van der Waals surface area (Å²) in [5, 5.41) is 11.7. The van der Waals surface area contributed by atoms with E-state index in [1.807, 2.05) is 37.3 Å². The summed E-state index contributed by atoms with van der Waals surface area (Å²) in [5.74, 6) is 0.947. The quantitative estimate of drug-likeness (QED) is 0.358. The van der Waals surface area contributed by atoms with Crippen LogP contribution in [0.5, 0.6) is 0 Å². The Labute approximate surface area is 154 Å². The summed E-state index contributed by atoms with van der Waals surface area (Å²) >= 11 is 1.35. The van der Waals surface area contributed by atoms with Gasteiger partial charge in [0.1, 0.15) is 11.3 Å². The van der Waals surface area contributed by atoms with Gasteiger partial charge in [-0.25, -0.2) is 0 Å². The number of para-hydroxylation sites is 1. The Morgan fingerprint density at radius 2 is 1.92 bits per heavy atom. The molecule has 0 saturated carbocycles. The normalized spacial score (nSPS) is 12.1. The van der Waals surface area contributed by atoms with Gasteiger partial charge < -0.3 is 9.32 Å². The maximum absolute atomic E-state index is 12.5. The molecule has 26 heavy (non-hydrogen) atoms. The molecule has 7 heteroatoms. The molecule has 0 spiro atoms. The van der Waals surface area contributed by atoms with Crippen molar-refractivity contribution < 1.29 is 14.1 Å². The number of nitro groups is 1. The zero-order chi connectivity index (χ0) is 18.7. The van der Waals surface area contributed by atoms with Crippen LogP contribution in [0.1, 0.15) is 18.7 Å². The number of rotatable bonds is 6. The van der Waals surface area contributed by atoms with Gasteiger partial charge in [-0.2, -0.15) is 0 Å². The van der Waals surface area contributed by atoms with Crippen molar-refractivity contribution in [3.63, 3.8) is 0 Å². The van der Waals surface area contributed by atoms with E-state index in [2.05, 4.69) is 0 Å². The number of benzene rings is 2. The number of fused-ring (bicyclic) bond motifs is 1. The molecule has 0 saturated heterocycles. The van der Waals surface area contributed by atoms with Crippen molar-refractivity contribution in [3.8, 4) is 0 Å². The van der Waals surface area contributed by atoms with E-state index < -0.39 is 4.92 Å². The number of carbonyl (C=O) groups excluding carboxylic acids is 1. The second kappa shape index (κ2) is 7.61. The Morgan fingerprint density at radius 1 is 1.23 bits per heavy atom. The Hall–Kier alpha value is -2.80. The topological polar surface area (TPSA) is 76.6 Å². The molecule has 134 valence electrons. The molecule has 3 rings (SSSR count). The van der Waals surface area contributed by atoms with Gasteiger partial charge in [-0.3, -0.25) is 14.9 Å². The molecule has 1 amide bonds. The number of amides is 1. The summed E-state index contributed by atoms with van der Waals surface area (Å²) in [6.07, 6.45) is 0. The number of hydrogen-bond acceptors (Lipinski definition) is 5. The standard InChI is InChI=1S/C19H18N2O4S/c1-13(18-11-14-5-3-4-6-17(14)25-18)20(2)19(22)12-26-16-9-7-15(8-10-16)21(23)24/h3-11,13H,12H2,1-2H3/t13-/m1/s1. The average Bonchev–Trinajstić information content (AvgIpc) is 3.09. The lowest BCUT2D eigenvalue weighted by Gasteiger charge is -2.23. The van der Waals surface area contributed by atoms with E-state index >= 15 is 0 Å².